The molecule has 0 amide bonds. The van der Waals surface area contributed by atoms with Crippen molar-refractivity contribution >= 4 is 19.1 Å². The summed E-state index contributed by atoms with van der Waals surface area (Å²) in [4.78, 5) is 25.0. The Balaban J connectivity index is 1.84. The molecule has 1 aromatic carbocycles. The van der Waals surface area contributed by atoms with Crippen molar-refractivity contribution in [1.29, 1.82) is 0 Å². The number of carboxylic acids is 2. The Labute approximate surface area is 165 Å². The molecule has 0 radical (unpaired) electrons. The van der Waals surface area contributed by atoms with Crippen LogP contribution in [-0.4, -0.2) is 63.2 Å². The quantitative estimate of drug-likeness (QED) is 0.368. The molecule has 2 unspecified atom stereocenters. The van der Waals surface area contributed by atoms with Gasteiger partial charge < -0.3 is 26.0 Å². The van der Waals surface area contributed by atoms with Crippen LogP contribution < -0.4 is 5.73 Å². The zero-order valence-corrected chi connectivity index (χ0v) is 15.9. The Morgan fingerprint density at radius 2 is 1.86 bits per heavy atom. The van der Waals surface area contributed by atoms with E-state index in [0.29, 0.717) is 25.8 Å². The molecule has 9 heteroatoms. The van der Waals surface area contributed by atoms with E-state index in [1.807, 2.05) is 6.07 Å². The van der Waals surface area contributed by atoms with Gasteiger partial charge in [0.05, 0.1) is 11.5 Å². The number of likely N-dealkylation sites (tertiary alicyclic amines) is 1. The SMILES string of the molecule is NC(CCCC(C(=O)O)C1CCN(Cc2cccc(C(=O)O)c2)CC1)B(O)O. The monoisotopic (exact) mass is 392 g/mol. The van der Waals surface area contributed by atoms with Crippen molar-refractivity contribution in [2.75, 3.05) is 13.1 Å². The average Bonchev–Trinajstić information content (AvgIpc) is 2.65. The third-order valence-corrected chi connectivity index (χ3v) is 5.53. The second kappa shape index (κ2) is 10.6. The first kappa shape index (κ1) is 22.4. The molecule has 154 valence electrons. The maximum absolute atomic E-state index is 11.7. The van der Waals surface area contributed by atoms with Gasteiger partial charge in [0.15, 0.2) is 0 Å². The van der Waals surface area contributed by atoms with Crippen LogP contribution in [0.1, 0.15) is 48.0 Å². The molecule has 0 spiro atoms. The molecule has 2 rings (SSSR count). The molecule has 2 atom stereocenters. The first-order valence-electron chi connectivity index (χ1n) is 9.67. The summed E-state index contributed by atoms with van der Waals surface area (Å²) in [5.41, 5.74) is 6.79. The molecule has 1 aromatic rings. The van der Waals surface area contributed by atoms with Gasteiger partial charge in [-0.1, -0.05) is 18.6 Å². The fourth-order valence-corrected chi connectivity index (χ4v) is 3.86. The fraction of sp³-hybridized carbons (Fsp3) is 0.579. The van der Waals surface area contributed by atoms with E-state index in [9.17, 15) is 14.7 Å². The van der Waals surface area contributed by atoms with Crippen molar-refractivity contribution in [1.82, 2.24) is 4.90 Å². The second-order valence-corrected chi connectivity index (χ2v) is 7.57. The molecule has 0 aromatic heterocycles. The first-order valence-corrected chi connectivity index (χ1v) is 9.67. The van der Waals surface area contributed by atoms with Crippen LogP contribution >= 0.6 is 0 Å². The van der Waals surface area contributed by atoms with E-state index in [2.05, 4.69) is 4.90 Å². The van der Waals surface area contributed by atoms with Crippen LogP contribution in [0.2, 0.25) is 0 Å². The molecule has 0 bridgehead atoms. The van der Waals surface area contributed by atoms with Crippen LogP contribution in [0.3, 0.4) is 0 Å². The number of carbonyl (C=O) groups is 2. The lowest BCUT2D eigenvalue weighted by molar-refractivity contribution is -0.144. The van der Waals surface area contributed by atoms with Gasteiger partial charge in [-0.05, 0) is 62.4 Å². The van der Waals surface area contributed by atoms with Crippen LogP contribution in [0.25, 0.3) is 0 Å². The summed E-state index contributed by atoms with van der Waals surface area (Å²) in [6.45, 7) is 2.18. The van der Waals surface area contributed by atoms with Crippen molar-refractivity contribution in [2.24, 2.45) is 17.6 Å². The number of hydrogen-bond donors (Lipinski definition) is 5. The molecule has 28 heavy (non-hydrogen) atoms. The number of carboxylic acid groups (broad SMARTS) is 2. The summed E-state index contributed by atoms with van der Waals surface area (Å²) < 4.78 is 0. The number of nitrogens with zero attached hydrogens (tertiary/aromatic N) is 1. The maximum atomic E-state index is 11.7. The lowest BCUT2D eigenvalue weighted by Gasteiger charge is -2.34. The molecule has 1 heterocycles. The molecular formula is C19H29BN2O6. The normalized spacial score (nSPS) is 17.8. The number of aromatic carboxylic acids is 1. The number of nitrogens with two attached hydrogens (primary N) is 1. The van der Waals surface area contributed by atoms with Gasteiger partial charge in [-0.3, -0.25) is 9.69 Å². The van der Waals surface area contributed by atoms with Gasteiger partial charge >= 0.3 is 19.1 Å². The van der Waals surface area contributed by atoms with E-state index in [1.54, 1.807) is 18.2 Å². The highest BCUT2D eigenvalue weighted by atomic mass is 16.4. The summed E-state index contributed by atoms with van der Waals surface area (Å²) in [5, 5.41) is 36.7. The van der Waals surface area contributed by atoms with Crippen LogP contribution in [-0.2, 0) is 11.3 Å². The summed E-state index contributed by atoms with van der Waals surface area (Å²) in [6, 6.07) is 6.88. The Morgan fingerprint density at radius 1 is 1.18 bits per heavy atom. The predicted octanol–water partition coefficient (Wildman–Crippen LogP) is 0.807. The van der Waals surface area contributed by atoms with E-state index in [1.165, 1.54) is 0 Å². The maximum Gasteiger partial charge on any atom is 0.469 e. The van der Waals surface area contributed by atoms with Gasteiger partial charge in [-0.2, -0.15) is 0 Å². The van der Waals surface area contributed by atoms with E-state index >= 15 is 0 Å². The lowest BCUT2D eigenvalue weighted by atomic mass is 9.75. The molecule has 6 N–H and O–H groups in total. The lowest BCUT2D eigenvalue weighted by Crippen LogP contribution is -2.39. The van der Waals surface area contributed by atoms with E-state index in [0.717, 1.165) is 31.5 Å². The Morgan fingerprint density at radius 3 is 2.43 bits per heavy atom. The van der Waals surface area contributed by atoms with Gasteiger partial charge in [0.2, 0.25) is 0 Å². The minimum absolute atomic E-state index is 0.0781. The summed E-state index contributed by atoms with van der Waals surface area (Å²) in [6.07, 6.45) is 2.92. The molecule has 0 saturated carbocycles. The number of piperidine rings is 1. The molecule has 0 aliphatic carbocycles. The molecule has 8 nitrogen and oxygen atoms in total. The third kappa shape index (κ3) is 6.59. The number of aliphatic carboxylic acids is 1. The van der Waals surface area contributed by atoms with Crippen LogP contribution in [0.15, 0.2) is 24.3 Å². The number of benzene rings is 1. The van der Waals surface area contributed by atoms with Gasteiger partial charge in [0.25, 0.3) is 0 Å². The molecule has 1 aliphatic rings. The molecule has 1 saturated heterocycles. The number of hydrogen-bond acceptors (Lipinski definition) is 6. The molecular weight excluding hydrogens is 363 g/mol. The highest BCUT2D eigenvalue weighted by Gasteiger charge is 2.31. The minimum Gasteiger partial charge on any atom is -0.481 e. The smallest absolute Gasteiger partial charge is 0.469 e. The highest BCUT2D eigenvalue weighted by Crippen LogP contribution is 2.30. The van der Waals surface area contributed by atoms with Gasteiger partial charge in [0, 0.05) is 12.5 Å². The summed E-state index contributed by atoms with van der Waals surface area (Å²) in [5.74, 6) is -2.89. The Bertz CT molecular complexity index is 664. The zero-order valence-electron chi connectivity index (χ0n) is 15.9. The van der Waals surface area contributed by atoms with E-state index in [4.69, 9.17) is 20.9 Å². The standard InChI is InChI=1S/C19H29BN2O6/c21-17(20(27)28)6-2-5-16(19(25)26)14-7-9-22(10-8-14)12-13-3-1-4-15(11-13)18(23)24/h1,3-4,11,14,16-17,27-28H,2,5-10,12,21H2,(H,23,24)(H,25,26). The van der Waals surface area contributed by atoms with Crippen LogP contribution in [0.4, 0.5) is 0 Å². The molecule has 1 aliphatic heterocycles. The topological polar surface area (TPSA) is 144 Å². The van der Waals surface area contributed by atoms with Crippen molar-refractivity contribution < 1.29 is 29.9 Å². The van der Waals surface area contributed by atoms with Gasteiger partial charge in [-0.15, -0.1) is 0 Å². The van der Waals surface area contributed by atoms with Crippen LogP contribution in [0, 0.1) is 11.8 Å². The summed E-state index contributed by atoms with van der Waals surface area (Å²) >= 11 is 0. The third-order valence-electron chi connectivity index (χ3n) is 5.53. The first-order chi connectivity index (χ1) is 13.3. The van der Waals surface area contributed by atoms with E-state index in [-0.39, 0.29) is 11.5 Å². The number of rotatable bonds is 10. The highest BCUT2D eigenvalue weighted by molar-refractivity contribution is 6.43. The minimum atomic E-state index is -1.58. The Hall–Kier alpha value is -1.94. The predicted molar refractivity (Wildman–Crippen MR) is 105 cm³/mol. The van der Waals surface area contributed by atoms with E-state index < -0.39 is 30.9 Å². The largest absolute Gasteiger partial charge is 0.481 e. The average molecular weight is 392 g/mol. The Kier molecular flexibility index (Phi) is 8.44. The van der Waals surface area contributed by atoms with Crippen molar-refractivity contribution in [2.45, 2.75) is 44.6 Å². The van der Waals surface area contributed by atoms with Crippen molar-refractivity contribution in [3.8, 4) is 0 Å². The van der Waals surface area contributed by atoms with Gasteiger partial charge in [-0.25, -0.2) is 4.79 Å². The van der Waals surface area contributed by atoms with Crippen molar-refractivity contribution in [3.63, 3.8) is 0 Å². The second-order valence-electron chi connectivity index (χ2n) is 7.57. The fourth-order valence-electron chi connectivity index (χ4n) is 3.86. The van der Waals surface area contributed by atoms with Crippen LogP contribution in [0.5, 0.6) is 0 Å². The zero-order chi connectivity index (χ0) is 20.7. The van der Waals surface area contributed by atoms with Crippen molar-refractivity contribution in [3.05, 3.63) is 35.4 Å². The summed E-state index contributed by atoms with van der Waals surface area (Å²) in [7, 11) is -1.58. The molecule has 1 fully saturated rings. The van der Waals surface area contributed by atoms with Gasteiger partial charge in [0.1, 0.15) is 0 Å².